The number of hydrogen-bond donors (Lipinski definition) is 0. The van der Waals surface area contributed by atoms with Gasteiger partial charge in [0.05, 0.1) is 11.3 Å². The Labute approximate surface area is 131 Å². The molecule has 0 radical (unpaired) electrons. The molecule has 0 atom stereocenters. The first-order chi connectivity index (χ1) is 10.9. The second kappa shape index (κ2) is 5.21. The zero-order chi connectivity index (χ0) is 16.8. The molecule has 0 bridgehead atoms. The van der Waals surface area contributed by atoms with Gasteiger partial charge in [0.15, 0.2) is 5.75 Å². The molecule has 3 rings (SSSR count). The first-order valence-corrected chi connectivity index (χ1v) is 8.06. The Kier molecular flexibility index (Phi) is 3.45. The minimum atomic E-state index is -4.12. The highest BCUT2D eigenvalue weighted by molar-refractivity contribution is 7.93. The van der Waals surface area contributed by atoms with E-state index in [2.05, 4.69) is 0 Å². The summed E-state index contributed by atoms with van der Waals surface area (Å²) in [6.45, 7) is 1.54. The number of anilines is 1. The van der Waals surface area contributed by atoms with Gasteiger partial charge in [-0.2, -0.15) is 5.26 Å². The molecule has 2 aromatic rings. The predicted octanol–water partition coefficient (Wildman–Crippen LogP) is 3.16. The van der Waals surface area contributed by atoms with Crippen molar-refractivity contribution in [2.24, 2.45) is 0 Å². The number of sulfonamides is 1. The minimum absolute atomic E-state index is 0.0127. The van der Waals surface area contributed by atoms with E-state index < -0.39 is 21.7 Å². The molecule has 0 unspecified atom stereocenters. The molecule has 5 nitrogen and oxygen atoms in total. The molecule has 1 heterocycles. The van der Waals surface area contributed by atoms with Crippen LogP contribution in [0.5, 0.6) is 11.5 Å². The zero-order valence-electron chi connectivity index (χ0n) is 11.9. The van der Waals surface area contributed by atoms with Crippen molar-refractivity contribution in [2.45, 2.75) is 11.8 Å². The SMILES string of the molecule is CCN1c2cc(F)c(C#N)cc2Oc2ccc(F)cc2S1(=O)=O. The Morgan fingerprint density at radius 3 is 2.61 bits per heavy atom. The maximum Gasteiger partial charge on any atom is 0.268 e. The van der Waals surface area contributed by atoms with E-state index in [0.717, 1.165) is 28.6 Å². The van der Waals surface area contributed by atoms with Crippen LogP contribution in [0.3, 0.4) is 0 Å². The molecule has 23 heavy (non-hydrogen) atoms. The summed E-state index contributed by atoms with van der Waals surface area (Å²) in [5.41, 5.74) is -0.316. The molecule has 1 aliphatic rings. The summed E-state index contributed by atoms with van der Waals surface area (Å²) >= 11 is 0. The number of hydrogen-bond acceptors (Lipinski definition) is 4. The fraction of sp³-hybridized carbons (Fsp3) is 0.133. The Balaban J connectivity index is 2.36. The molecule has 0 spiro atoms. The number of nitriles is 1. The van der Waals surface area contributed by atoms with Gasteiger partial charge in [-0.3, -0.25) is 4.31 Å². The highest BCUT2D eigenvalue weighted by Gasteiger charge is 2.34. The molecule has 0 aromatic heterocycles. The van der Waals surface area contributed by atoms with Gasteiger partial charge in [0.25, 0.3) is 10.0 Å². The minimum Gasteiger partial charge on any atom is -0.454 e. The van der Waals surface area contributed by atoms with Crippen LogP contribution in [0, 0.1) is 23.0 Å². The lowest BCUT2D eigenvalue weighted by atomic mass is 10.2. The van der Waals surface area contributed by atoms with Crippen molar-refractivity contribution < 1.29 is 21.9 Å². The van der Waals surface area contributed by atoms with Crippen molar-refractivity contribution in [1.29, 1.82) is 5.26 Å². The van der Waals surface area contributed by atoms with Crippen LogP contribution in [0.2, 0.25) is 0 Å². The second-order valence-electron chi connectivity index (χ2n) is 4.77. The van der Waals surface area contributed by atoms with E-state index >= 15 is 0 Å². The van der Waals surface area contributed by atoms with Crippen LogP contribution in [-0.4, -0.2) is 15.0 Å². The van der Waals surface area contributed by atoms with Crippen LogP contribution < -0.4 is 9.04 Å². The van der Waals surface area contributed by atoms with Crippen LogP contribution in [0.15, 0.2) is 35.2 Å². The molecule has 118 valence electrons. The van der Waals surface area contributed by atoms with E-state index in [1.807, 2.05) is 0 Å². The number of nitrogens with zero attached hydrogens (tertiary/aromatic N) is 2. The molecule has 0 saturated carbocycles. The van der Waals surface area contributed by atoms with Gasteiger partial charge in [0.2, 0.25) is 0 Å². The van der Waals surface area contributed by atoms with Crippen LogP contribution in [0.1, 0.15) is 12.5 Å². The van der Waals surface area contributed by atoms with Crippen molar-refractivity contribution in [3.05, 3.63) is 47.5 Å². The molecule has 8 heteroatoms. The second-order valence-corrected chi connectivity index (χ2v) is 6.61. The van der Waals surface area contributed by atoms with Gasteiger partial charge in [-0.1, -0.05) is 0 Å². The van der Waals surface area contributed by atoms with E-state index in [1.165, 1.54) is 6.07 Å². The summed E-state index contributed by atoms with van der Waals surface area (Å²) < 4.78 is 59.3. The number of halogens is 2. The zero-order valence-corrected chi connectivity index (χ0v) is 12.7. The lowest BCUT2D eigenvalue weighted by molar-refractivity contribution is 0.467. The summed E-state index contributed by atoms with van der Waals surface area (Å²) in [6.07, 6.45) is 0. The molecule has 0 aliphatic carbocycles. The Bertz CT molecular complexity index is 952. The van der Waals surface area contributed by atoms with Crippen molar-refractivity contribution in [3.63, 3.8) is 0 Å². The fourth-order valence-corrected chi connectivity index (χ4v) is 3.98. The average Bonchev–Trinajstić information content (AvgIpc) is 2.59. The van der Waals surface area contributed by atoms with Gasteiger partial charge in [-0.05, 0) is 25.1 Å². The normalized spacial score (nSPS) is 15.0. The third-order valence-corrected chi connectivity index (χ3v) is 5.33. The van der Waals surface area contributed by atoms with Gasteiger partial charge >= 0.3 is 0 Å². The summed E-state index contributed by atoms with van der Waals surface area (Å²) in [4.78, 5) is -0.352. The van der Waals surface area contributed by atoms with Crippen LogP contribution >= 0.6 is 0 Å². The molecule has 2 aromatic carbocycles. The number of ether oxygens (including phenoxy) is 1. The Morgan fingerprint density at radius 2 is 1.96 bits per heavy atom. The third kappa shape index (κ3) is 2.29. The molecular formula is C15H10F2N2O3S. The van der Waals surface area contributed by atoms with Crippen molar-refractivity contribution in [3.8, 4) is 17.6 Å². The molecule has 1 aliphatic heterocycles. The average molecular weight is 336 g/mol. The summed E-state index contributed by atoms with van der Waals surface area (Å²) in [7, 11) is -4.12. The molecule has 0 N–H and O–H groups in total. The van der Waals surface area contributed by atoms with Gasteiger partial charge in [0.1, 0.15) is 28.3 Å². The number of rotatable bonds is 1. The van der Waals surface area contributed by atoms with Gasteiger partial charge in [-0.15, -0.1) is 0 Å². The lowest BCUT2D eigenvalue weighted by Gasteiger charge is -2.21. The third-order valence-electron chi connectivity index (χ3n) is 3.42. The fourth-order valence-electron chi connectivity index (χ4n) is 2.38. The maximum atomic E-state index is 13.9. The summed E-state index contributed by atoms with van der Waals surface area (Å²) in [6, 6.07) is 6.81. The van der Waals surface area contributed by atoms with E-state index in [0.29, 0.717) is 0 Å². The lowest BCUT2D eigenvalue weighted by Crippen LogP contribution is -2.30. The largest absolute Gasteiger partial charge is 0.454 e. The predicted molar refractivity (Wildman–Crippen MR) is 77.8 cm³/mol. The molecule has 0 amide bonds. The van der Waals surface area contributed by atoms with Gasteiger partial charge < -0.3 is 4.74 Å². The van der Waals surface area contributed by atoms with E-state index in [1.54, 1.807) is 13.0 Å². The highest BCUT2D eigenvalue weighted by atomic mass is 32.2. The topological polar surface area (TPSA) is 70.4 Å². The smallest absolute Gasteiger partial charge is 0.268 e. The van der Waals surface area contributed by atoms with Gasteiger partial charge in [0, 0.05) is 18.7 Å². The molecular weight excluding hydrogens is 326 g/mol. The summed E-state index contributed by atoms with van der Waals surface area (Å²) in [5, 5.41) is 8.92. The van der Waals surface area contributed by atoms with E-state index in [9.17, 15) is 17.2 Å². The van der Waals surface area contributed by atoms with Crippen molar-refractivity contribution >= 4 is 15.7 Å². The highest BCUT2D eigenvalue weighted by Crippen LogP contribution is 2.43. The van der Waals surface area contributed by atoms with Gasteiger partial charge in [-0.25, -0.2) is 17.2 Å². The van der Waals surface area contributed by atoms with Crippen LogP contribution in [-0.2, 0) is 10.0 Å². The first kappa shape index (κ1) is 15.2. The Morgan fingerprint density at radius 1 is 1.22 bits per heavy atom. The van der Waals surface area contributed by atoms with E-state index in [4.69, 9.17) is 10.00 Å². The monoisotopic (exact) mass is 336 g/mol. The summed E-state index contributed by atoms with van der Waals surface area (Å²) in [5.74, 6) is -1.67. The van der Waals surface area contributed by atoms with Crippen LogP contribution in [0.4, 0.5) is 14.5 Å². The van der Waals surface area contributed by atoms with E-state index in [-0.39, 0.29) is 34.2 Å². The van der Waals surface area contributed by atoms with Crippen molar-refractivity contribution in [2.75, 3.05) is 10.8 Å². The van der Waals surface area contributed by atoms with Crippen LogP contribution in [0.25, 0.3) is 0 Å². The molecule has 0 saturated heterocycles. The number of benzene rings is 2. The Hall–Kier alpha value is -2.66. The maximum absolute atomic E-state index is 13.9. The first-order valence-electron chi connectivity index (χ1n) is 6.62. The number of fused-ring (bicyclic) bond motifs is 2. The standard InChI is InChI=1S/C15H10F2N2O3S/c1-2-19-12-7-11(17)9(8-18)5-14(12)22-13-4-3-10(16)6-15(13)23(19,20)21/h3-7H,2H2,1H3. The quantitative estimate of drug-likeness (QED) is 0.802. The van der Waals surface area contributed by atoms with Crippen molar-refractivity contribution in [1.82, 2.24) is 0 Å². The molecule has 0 fully saturated rings.